The zero-order chi connectivity index (χ0) is 17.8. The molecule has 1 aliphatic heterocycles. The zero-order valence-electron chi connectivity index (χ0n) is 13.8. The van der Waals surface area contributed by atoms with E-state index in [9.17, 15) is 14.0 Å². The van der Waals surface area contributed by atoms with Crippen molar-refractivity contribution >= 4 is 23.3 Å². The van der Waals surface area contributed by atoms with Crippen molar-refractivity contribution < 1.29 is 18.7 Å². The second-order valence-electron chi connectivity index (χ2n) is 5.93. The fraction of sp³-hybridized carbons (Fsp3) is 0.263. The van der Waals surface area contributed by atoms with Crippen molar-refractivity contribution in [3.63, 3.8) is 0 Å². The summed E-state index contributed by atoms with van der Waals surface area (Å²) in [7, 11) is 1.31. The number of anilines is 2. The van der Waals surface area contributed by atoms with E-state index in [2.05, 4.69) is 10.6 Å². The molecule has 25 heavy (non-hydrogen) atoms. The summed E-state index contributed by atoms with van der Waals surface area (Å²) in [4.78, 5) is 23.8. The number of halogens is 1. The molecule has 2 N–H and O–H groups in total. The average molecular weight is 342 g/mol. The Morgan fingerprint density at radius 3 is 2.68 bits per heavy atom. The summed E-state index contributed by atoms with van der Waals surface area (Å²) in [5.74, 6) is -0.818. The fourth-order valence-electron chi connectivity index (χ4n) is 2.88. The molecule has 1 amide bonds. The third-order valence-electron chi connectivity index (χ3n) is 4.18. The standard InChI is InChI=1S/C19H19FN2O3/c1-25-19(24)18(12-5-7-14(20)8-6-12)21-15-9-10-16-13(11-15)3-2-4-17(23)22-16/h5-11,18,21H,2-4H2,1H3,(H,22,23). The lowest BCUT2D eigenvalue weighted by atomic mass is 10.0. The van der Waals surface area contributed by atoms with Crippen molar-refractivity contribution in [2.24, 2.45) is 0 Å². The number of hydrogen-bond acceptors (Lipinski definition) is 4. The van der Waals surface area contributed by atoms with Crippen LogP contribution in [0.25, 0.3) is 0 Å². The van der Waals surface area contributed by atoms with Crippen molar-refractivity contribution in [3.8, 4) is 0 Å². The summed E-state index contributed by atoms with van der Waals surface area (Å²) >= 11 is 0. The van der Waals surface area contributed by atoms with Crippen LogP contribution in [0.3, 0.4) is 0 Å². The first-order chi connectivity index (χ1) is 12.1. The van der Waals surface area contributed by atoms with Gasteiger partial charge in [0, 0.05) is 17.8 Å². The van der Waals surface area contributed by atoms with Gasteiger partial charge in [0.2, 0.25) is 5.91 Å². The molecule has 0 saturated heterocycles. The highest BCUT2D eigenvalue weighted by atomic mass is 19.1. The first kappa shape index (κ1) is 17.0. The van der Waals surface area contributed by atoms with Crippen LogP contribution >= 0.6 is 0 Å². The number of nitrogens with one attached hydrogen (secondary N) is 2. The molecule has 1 atom stereocenters. The quantitative estimate of drug-likeness (QED) is 0.836. The third-order valence-corrected chi connectivity index (χ3v) is 4.18. The molecule has 0 aromatic heterocycles. The fourth-order valence-corrected chi connectivity index (χ4v) is 2.88. The second kappa shape index (κ2) is 7.34. The summed E-state index contributed by atoms with van der Waals surface area (Å²) in [6.07, 6.45) is 2.06. The lowest BCUT2D eigenvalue weighted by Gasteiger charge is -2.19. The molecule has 3 rings (SSSR count). The molecule has 5 nitrogen and oxygen atoms in total. The highest BCUT2D eigenvalue weighted by Crippen LogP contribution is 2.28. The lowest BCUT2D eigenvalue weighted by Crippen LogP contribution is -2.22. The number of aryl methyl sites for hydroxylation is 1. The van der Waals surface area contributed by atoms with E-state index in [-0.39, 0.29) is 11.7 Å². The Labute approximate surface area is 145 Å². The molecule has 2 aromatic carbocycles. The Balaban J connectivity index is 1.87. The highest BCUT2D eigenvalue weighted by molar-refractivity contribution is 5.92. The van der Waals surface area contributed by atoms with Gasteiger partial charge in [-0.05, 0) is 54.3 Å². The summed E-state index contributed by atoms with van der Waals surface area (Å²) in [5.41, 5.74) is 3.15. The highest BCUT2D eigenvalue weighted by Gasteiger charge is 2.22. The van der Waals surface area contributed by atoms with Crippen LogP contribution in [0.1, 0.15) is 30.0 Å². The van der Waals surface area contributed by atoms with E-state index in [1.165, 1.54) is 19.2 Å². The van der Waals surface area contributed by atoms with Crippen molar-refractivity contribution in [1.29, 1.82) is 0 Å². The van der Waals surface area contributed by atoms with Gasteiger partial charge in [0.1, 0.15) is 5.82 Å². The maximum Gasteiger partial charge on any atom is 0.332 e. The molecular weight excluding hydrogens is 323 g/mol. The molecule has 0 aliphatic carbocycles. The van der Waals surface area contributed by atoms with E-state index in [0.717, 1.165) is 29.8 Å². The van der Waals surface area contributed by atoms with Gasteiger partial charge in [-0.15, -0.1) is 0 Å². The van der Waals surface area contributed by atoms with E-state index in [4.69, 9.17) is 4.74 Å². The molecular formula is C19H19FN2O3. The molecule has 1 aliphatic rings. The van der Waals surface area contributed by atoms with Gasteiger partial charge in [0.15, 0.2) is 6.04 Å². The van der Waals surface area contributed by atoms with E-state index in [1.807, 2.05) is 12.1 Å². The molecule has 1 heterocycles. The van der Waals surface area contributed by atoms with Gasteiger partial charge in [-0.25, -0.2) is 9.18 Å². The molecule has 6 heteroatoms. The second-order valence-corrected chi connectivity index (χ2v) is 5.93. The summed E-state index contributed by atoms with van der Waals surface area (Å²) in [6, 6.07) is 10.5. The monoisotopic (exact) mass is 342 g/mol. The number of esters is 1. The van der Waals surface area contributed by atoms with E-state index in [1.54, 1.807) is 18.2 Å². The first-order valence-corrected chi connectivity index (χ1v) is 8.09. The van der Waals surface area contributed by atoms with Gasteiger partial charge in [-0.1, -0.05) is 12.1 Å². The van der Waals surface area contributed by atoms with E-state index in [0.29, 0.717) is 12.0 Å². The molecule has 2 aromatic rings. The molecule has 0 spiro atoms. The number of carbonyl (C=O) groups excluding carboxylic acids is 2. The van der Waals surface area contributed by atoms with Gasteiger partial charge in [0.05, 0.1) is 7.11 Å². The number of methoxy groups -OCH3 is 1. The Kier molecular flexibility index (Phi) is 4.97. The van der Waals surface area contributed by atoms with Crippen molar-refractivity contribution in [2.75, 3.05) is 17.7 Å². The minimum absolute atomic E-state index is 0.0122. The molecule has 0 bridgehead atoms. The van der Waals surface area contributed by atoms with Gasteiger partial charge < -0.3 is 15.4 Å². The van der Waals surface area contributed by atoms with Crippen LogP contribution in [0.2, 0.25) is 0 Å². The number of carbonyl (C=O) groups is 2. The minimum Gasteiger partial charge on any atom is -0.467 e. The van der Waals surface area contributed by atoms with Gasteiger partial charge in [-0.2, -0.15) is 0 Å². The molecule has 130 valence electrons. The van der Waals surface area contributed by atoms with Crippen LogP contribution in [0.15, 0.2) is 42.5 Å². The number of benzene rings is 2. The SMILES string of the molecule is COC(=O)C(Nc1ccc2c(c1)CCCC(=O)N2)c1ccc(F)cc1. The Morgan fingerprint density at radius 2 is 1.96 bits per heavy atom. The molecule has 0 radical (unpaired) electrons. The normalized spacial score (nSPS) is 14.7. The van der Waals surface area contributed by atoms with Crippen LogP contribution in [0.4, 0.5) is 15.8 Å². The zero-order valence-corrected chi connectivity index (χ0v) is 13.8. The van der Waals surface area contributed by atoms with E-state index < -0.39 is 12.0 Å². The predicted molar refractivity (Wildman–Crippen MR) is 92.8 cm³/mol. The Bertz CT molecular complexity index is 790. The first-order valence-electron chi connectivity index (χ1n) is 8.09. The van der Waals surface area contributed by atoms with Gasteiger partial charge in [-0.3, -0.25) is 4.79 Å². The number of rotatable bonds is 4. The molecule has 0 saturated carbocycles. The van der Waals surface area contributed by atoms with Gasteiger partial charge >= 0.3 is 5.97 Å². The summed E-state index contributed by atoms with van der Waals surface area (Å²) in [6.45, 7) is 0. The predicted octanol–water partition coefficient (Wildman–Crippen LogP) is 3.43. The molecule has 0 fully saturated rings. The van der Waals surface area contributed by atoms with Crippen molar-refractivity contribution in [2.45, 2.75) is 25.3 Å². The van der Waals surface area contributed by atoms with Crippen molar-refractivity contribution in [3.05, 3.63) is 59.4 Å². The smallest absolute Gasteiger partial charge is 0.332 e. The third kappa shape index (κ3) is 3.96. The maximum atomic E-state index is 13.1. The number of hydrogen-bond donors (Lipinski definition) is 2. The number of amides is 1. The van der Waals surface area contributed by atoms with Crippen LogP contribution in [0, 0.1) is 5.82 Å². The average Bonchev–Trinajstić information content (AvgIpc) is 2.80. The van der Waals surface area contributed by atoms with Gasteiger partial charge in [0.25, 0.3) is 0 Å². The topological polar surface area (TPSA) is 67.4 Å². The Morgan fingerprint density at radius 1 is 1.20 bits per heavy atom. The van der Waals surface area contributed by atoms with Crippen LogP contribution in [-0.2, 0) is 20.7 Å². The summed E-state index contributed by atoms with van der Waals surface area (Å²) < 4.78 is 18.0. The van der Waals surface area contributed by atoms with E-state index >= 15 is 0 Å². The van der Waals surface area contributed by atoms with Crippen LogP contribution in [0.5, 0.6) is 0 Å². The minimum atomic E-state index is -0.746. The maximum absolute atomic E-state index is 13.1. The number of ether oxygens (including phenoxy) is 1. The van der Waals surface area contributed by atoms with Crippen LogP contribution < -0.4 is 10.6 Å². The Hall–Kier alpha value is -2.89. The summed E-state index contributed by atoms with van der Waals surface area (Å²) in [5, 5.41) is 6.01. The van der Waals surface area contributed by atoms with Crippen molar-refractivity contribution in [1.82, 2.24) is 0 Å². The number of fused-ring (bicyclic) bond motifs is 1. The lowest BCUT2D eigenvalue weighted by molar-refractivity contribution is -0.141. The largest absolute Gasteiger partial charge is 0.467 e. The van der Waals surface area contributed by atoms with Crippen LogP contribution in [-0.4, -0.2) is 19.0 Å². The molecule has 1 unspecified atom stereocenters.